The highest BCUT2D eigenvalue weighted by Crippen LogP contribution is 2.26. The number of ether oxygens (including phenoxy) is 1. The molecule has 0 spiro atoms. The largest absolute Gasteiger partial charge is 0.508 e. The first-order chi connectivity index (χ1) is 13.6. The zero-order valence-corrected chi connectivity index (χ0v) is 15.1. The fourth-order valence-electron chi connectivity index (χ4n) is 2.57. The van der Waals surface area contributed by atoms with E-state index in [2.05, 4.69) is 16.9 Å². The molecule has 28 heavy (non-hydrogen) atoms. The molecule has 1 aliphatic rings. The van der Waals surface area contributed by atoms with Crippen LogP contribution in [0.1, 0.15) is 5.56 Å². The van der Waals surface area contributed by atoms with E-state index in [1.165, 1.54) is 11.1 Å². The van der Waals surface area contributed by atoms with Crippen LogP contribution in [0.5, 0.6) is 11.5 Å². The normalized spacial score (nSPS) is 14.5. The summed E-state index contributed by atoms with van der Waals surface area (Å²) in [4.78, 5) is 16.9. The van der Waals surface area contributed by atoms with Gasteiger partial charge in [-0.25, -0.2) is 10.8 Å². The molecule has 0 saturated carbocycles. The highest BCUT2D eigenvalue weighted by molar-refractivity contribution is 6.07. The number of nitrogens with zero attached hydrogens (tertiary/aromatic N) is 2. The third-order valence-corrected chi connectivity index (χ3v) is 3.90. The van der Waals surface area contributed by atoms with Crippen LogP contribution < -0.4 is 15.9 Å². The lowest BCUT2D eigenvalue weighted by Gasteiger charge is -2.19. The van der Waals surface area contributed by atoms with E-state index in [0.29, 0.717) is 11.4 Å². The number of benzene rings is 2. The van der Waals surface area contributed by atoms with Gasteiger partial charge in [0.2, 0.25) is 0 Å². The Morgan fingerprint density at radius 1 is 1.29 bits per heavy atom. The quantitative estimate of drug-likeness (QED) is 0.531. The molecule has 7 heteroatoms. The molecule has 0 radical (unpaired) electrons. The van der Waals surface area contributed by atoms with Crippen molar-refractivity contribution >= 4 is 17.8 Å². The van der Waals surface area contributed by atoms with Gasteiger partial charge in [-0.05, 0) is 35.9 Å². The van der Waals surface area contributed by atoms with Gasteiger partial charge in [-0.2, -0.15) is 0 Å². The minimum Gasteiger partial charge on any atom is -0.508 e. The molecular weight excluding hydrogens is 356 g/mol. The average molecular weight is 376 g/mol. The number of hydrazine groups is 1. The van der Waals surface area contributed by atoms with E-state index in [0.717, 1.165) is 5.56 Å². The van der Waals surface area contributed by atoms with Gasteiger partial charge in [0.25, 0.3) is 5.91 Å². The number of aromatic hydroxyl groups is 1. The number of nitrogens with one attached hydrogen (secondary N) is 1. The summed E-state index contributed by atoms with van der Waals surface area (Å²) in [6.45, 7) is 3.92. The number of nitrogens with two attached hydrogens (primary N) is 1. The van der Waals surface area contributed by atoms with Gasteiger partial charge in [0.05, 0.1) is 11.3 Å². The zero-order valence-electron chi connectivity index (χ0n) is 15.1. The minimum absolute atomic E-state index is 0.165. The average Bonchev–Trinajstić information content (AvgIpc) is 2.69. The standard InChI is InChI=1S/C21H20N4O3/c1-2-17(20-23-11-6-12-25(20)22)21(27)24-18-9-3-4-10-19(18)28-14-15-7-5-8-16(26)13-15/h2-13,26H,1,14,22H2,(H,24,27)/b20-17+. The Morgan fingerprint density at radius 2 is 2.11 bits per heavy atom. The van der Waals surface area contributed by atoms with Crippen molar-refractivity contribution in [1.82, 2.24) is 5.01 Å². The Balaban J connectivity index is 1.78. The van der Waals surface area contributed by atoms with E-state index < -0.39 is 5.91 Å². The summed E-state index contributed by atoms with van der Waals surface area (Å²) in [6, 6.07) is 13.8. The molecular formula is C21H20N4O3. The number of carbonyl (C=O) groups excluding carboxylic acids is 1. The van der Waals surface area contributed by atoms with Gasteiger partial charge >= 0.3 is 0 Å². The summed E-state index contributed by atoms with van der Waals surface area (Å²) in [7, 11) is 0. The molecule has 0 fully saturated rings. The topological polar surface area (TPSA) is 100 Å². The third-order valence-electron chi connectivity index (χ3n) is 3.90. The van der Waals surface area contributed by atoms with Crippen LogP contribution in [0.2, 0.25) is 0 Å². The first kappa shape index (κ1) is 18.9. The van der Waals surface area contributed by atoms with E-state index in [-0.39, 0.29) is 23.8 Å². The number of carbonyl (C=O) groups is 1. The number of amides is 1. The molecule has 0 bridgehead atoms. The van der Waals surface area contributed by atoms with Crippen LogP contribution in [0.25, 0.3) is 0 Å². The van der Waals surface area contributed by atoms with Gasteiger partial charge in [-0.15, -0.1) is 0 Å². The zero-order chi connectivity index (χ0) is 19.9. The van der Waals surface area contributed by atoms with Crippen LogP contribution in [0, 0.1) is 0 Å². The van der Waals surface area contributed by atoms with Gasteiger partial charge in [-0.3, -0.25) is 9.80 Å². The van der Waals surface area contributed by atoms with E-state index in [9.17, 15) is 9.90 Å². The molecule has 0 saturated heterocycles. The maximum Gasteiger partial charge on any atom is 0.259 e. The number of hydrogen-bond acceptors (Lipinski definition) is 6. The van der Waals surface area contributed by atoms with Crippen molar-refractivity contribution in [1.29, 1.82) is 0 Å². The number of para-hydroxylation sites is 2. The lowest BCUT2D eigenvalue weighted by molar-refractivity contribution is -0.112. The Labute approximate surface area is 162 Å². The Hall–Kier alpha value is -3.84. The smallest absolute Gasteiger partial charge is 0.259 e. The van der Waals surface area contributed by atoms with Gasteiger partial charge in [0, 0.05) is 12.4 Å². The summed E-state index contributed by atoms with van der Waals surface area (Å²) < 4.78 is 5.82. The minimum atomic E-state index is -0.415. The molecule has 1 amide bonds. The number of anilines is 1. The van der Waals surface area contributed by atoms with Crippen molar-refractivity contribution in [3.63, 3.8) is 0 Å². The number of phenolic OH excluding ortho intramolecular Hbond substituents is 1. The predicted octanol–water partition coefficient (Wildman–Crippen LogP) is 3.08. The molecule has 2 aromatic rings. The van der Waals surface area contributed by atoms with Crippen molar-refractivity contribution in [2.45, 2.75) is 6.61 Å². The number of aliphatic imine (C=N–C) groups is 1. The Bertz CT molecular complexity index is 979. The second-order valence-corrected chi connectivity index (χ2v) is 5.88. The van der Waals surface area contributed by atoms with Gasteiger partial charge in [0.1, 0.15) is 18.1 Å². The Morgan fingerprint density at radius 3 is 2.86 bits per heavy atom. The maximum atomic E-state index is 12.8. The predicted molar refractivity (Wildman–Crippen MR) is 108 cm³/mol. The van der Waals surface area contributed by atoms with Crippen LogP contribution >= 0.6 is 0 Å². The monoisotopic (exact) mass is 376 g/mol. The molecule has 1 heterocycles. The summed E-state index contributed by atoms with van der Waals surface area (Å²) in [5.41, 5.74) is 1.52. The lowest BCUT2D eigenvalue weighted by atomic mass is 10.2. The van der Waals surface area contributed by atoms with Crippen molar-refractivity contribution in [3.05, 3.63) is 90.4 Å². The number of allylic oxidation sites excluding steroid dienone is 1. The molecule has 4 N–H and O–H groups in total. The van der Waals surface area contributed by atoms with Gasteiger partial charge in [-0.1, -0.05) is 36.9 Å². The molecule has 7 nitrogen and oxygen atoms in total. The van der Waals surface area contributed by atoms with Crippen LogP contribution in [0.3, 0.4) is 0 Å². The SMILES string of the molecule is C=C/C(C(=O)Nc1ccccc1OCc1cccc(O)c1)=C1/N=CC=CN1N. The summed E-state index contributed by atoms with van der Waals surface area (Å²) in [5.74, 6) is 6.37. The van der Waals surface area contributed by atoms with Crippen molar-refractivity contribution in [2.24, 2.45) is 10.8 Å². The first-order valence-corrected chi connectivity index (χ1v) is 8.51. The summed E-state index contributed by atoms with van der Waals surface area (Å²) >= 11 is 0. The van der Waals surface area contributed by atoms with E-state index >= 15 is 0 Å². The van der Waals surface area contributed by atoms with Crippen LogP contribution in [0.15, 0.2) is 89.8 Å². The Kier molecular flexibility index (Phi) is 5.88. The summed E-state index contributed by atoms with van der Waals surface area (Å²) in [6.07, 6.45) is 6.19. The molecule has 3 rings (SSSR count). The number of phenols is 1. The van der Waals surface area contributed by atoms with Crippen LogP contribution in [-0.4, -0.2) is 22.2 Å². The van der Waals surface area contributed by atoms with Crippen molar-refractivity contribution in [3.8, 4) is 11.5 Å². The molecule has 2 aromatic carbocycles. The molecule has 0 unspecified atom stereocenters. The van der Waals surface area contributed by atoms with E-state index in [1.807, 2.05) is 6.07 Å². The fraction of sp³-hybridized carbons (Fsp3) is 0.0476. The highest BCUT2D eigenvalue weighted by atomic mass is 16.5. The maximum absolute atomic E-state index is 12.8. The third kappa shape index (κ3) is 4.46. The summed E-state index contributed by atoms with van der Waals surface area (Å²) in [5, 5.41) is 13.6. The van der Waals surface area contributed by atoms with Crippen molar-refractivity contribution < 1.29 is 14.6 Å². The fourth-order valence-corrected chi connectivity index (χ4v) is 2.57. The molecule has 0 aromatic heterocycles. The highest BCUT2D eigenvalue weighted by Gasteiger charge is 2.17. The van der Waals surface area contributed by atoms with Gasteiger partial charge in [0.15, 0.2) is 5.82 Å². The second-order valence-electron chi connectivity index (χ2n) is 5.88. The van der Waals surface area contributed by atoms with Gasteiger partial charge < -0.3 is 15.2 Å². The second kappa shape index (κ2) is 8.70. The lowest BCUT2D eigenvalue weighted by Crippen LogP contribution is -2.29. The molecule has 0 atom stereocenters. The molecule has 142 valence electrons. The van der Waals surface area contributed by atoms with Crippen LogP contribution in [0.4, 0.5) is 5.69 Å². The van der Waals surface area contributed by atoms with E-state index in [1.54, 1.807) is 61.0 Å². The molecule has 0 aliphatic carbocycles. The first-order valence-electron chi connectivity index (χ1n) is 8.51. The number of rotatable bonds is 6. The van der Waals surface area contributed by atoms with E-state index in [4.69, 9.17) is 10.6 Å². The molecule has 1 aliphatic heterocycles. The van der Waals surface area contributed by atoms with Crippen molar-refractivity contribution in [2.75, 3.05) is 5.32 Å². The van der Waals surface area contributed by atoms with Crippen LogP contribution in [-0.2, 0) is 11.4 Å². The number of hydrogen-bond donors (Lipinski definition) is 3.